The Balaban J connectivity index is 1.57. The van der Waals surface area contributed by atoms with Gasteiger partial charge < -0.3 is 21.3 Å². The summed E-state index contributed by atoms with van der Waals surface area (Å²) in [5.41, 5.74) is 2.96. The van der Waals surface area contributed by atoms with E-state index in [2.05, 4.69) is 108 Å². The minimum absolute atomic E-state index is 0.0167. The lowest BCUT2D eigenvalue weighted by molar-refractivity contribution is -0.0582. The summed E-state index contributed by atoms with van der Waals surface area (Å²) in [6.07, 6.45) is 7.86. The molecule has 2 saturated heterocycles. The van der Waals surface area contributed by atoms with E-state index in [1.165, 1.54) is 6.42 Å². The quantitative estimate of drug-likeness (QED) is 0.325. The molecule has 1 saturated carbocycles. The molecule has 0 bridgehead atoms. The van der Waals surface area contributed by atoms with Crippen LogP contribution in [0.5, 0.6) is 0 Å². The fourth-order valence-corrected chi connectivity index (χ4v) is 8.44. The average Bonchev–Trinajstić information content (AvgIpc) is 2.65. The van der Waals surface area contributed by atoms with E-state index in [0.29, 0.717) is 6.54 Å². The van der Waals surface area contributed by atoms with Crippen molar-refractivity contribution in [2.75, 3.05) is 6.54 Å². The molecule has 2 atom stereocenters. The molecule has 0 radical (unpaired) electrons. The van der Waals surface area contributed by atoms with Gasteiger partial charge in [-0.1, -0.05) is 20.8 Å². The minimum Gasteiger partial charge on any atom is -0.338 e. The molecule has 220 valence electrons. The molecule has 5 N–H and O–H groups in total. The molecular formula is C30H58N6O2. The summed E-state index contributed by atoms with van der Waals surface area (Å²) in [5, 5.41) is 15.5. The van der Waals surface area contributed by atoms with Gasteiger partial charge in [-0.25, -0.2) is 14.6 Å². The lowest BCUT2D eigenvalue weighted by Gasteiger charge is -2.52. The van der Waals surface area contributed by atoms with Crippen LogP contribution in [0.2, 0.25) is 0 Å². The zero-order chi connectivity index (χ0) is 28.8. The molecular weight excluding hydrogens is 476 g/mol. The van der Waals surface area contributed by atoms with Gasteiger partial charge in [-0.3, -0.25) is 5.43 Å². The summed E-state index contributed by atoms with van der Waals surface area (Å²) in [4.78, 5) is 26.2. The Morgan fingerprint density at radius 1 is 0.737 bits per heavy atom. The monoisotopic (exact) mass is 534 g/mol. The van der Waals surface area contributed by atoms with Crippen molar-refractivity contribution in [3.8, 4) is 0 Å². The molecule has 0 aromatic rings. The molecule has 2 aliphatic heterocycles. The van der Waals surface area contributed by atoms with Crippen LogP contribution in [0.4, 0.5) is 9.59 Å². The van der Waals surface area contributed by atoms with Crippen LogP contribution >= 0.6 is 0 Å². The molecule has 0 aromatic heterocycles. The third kappa shape index (κ3) is 8.23. The van der Waals surface area contributed by atoms with Gasteiger partial charge in [0.05, 0.1) is 0 Å². The molecule has 8 heteroatoms. The maximum Gasteiger partial charge on any atom is 0.329 e. The van der Waals surface area contributed by atoms with Gasteiger partial charge in [0.25, 0.3) is 0 Å². The molecule has 2 heterocycles. The summed E-state index contributed by atoms with van der Waals surface area (Å²) in [6.45, 7) is 25.0. The van der Waals surface area contributed by atoms with E-state index in [1.807, 2.05) is 0 Å². The van der Waals surface area contributed by atoms with Crippen molar-refractivity contribution >= 4 is 12.1 Å². The second-order valence-corrected chi connectivity index (χ2v) is 16.5. The van der Waals surface area contributed by atoms with Crippen LogP contribution in [0.3, 0.4) is 0 Å². The van der Waals surface area contributed by atoms with Crippen molar-refractivity contribution in [3.63, 3.8) is 0 Å². The molecule has 0 spiro atoms. The largest absolute Gasteiger partial charge is 0.338 e. The van der Waals surface area contributed by atoms with Crippen LogP contribution in [0.1, 0.15) is 128 Å². The molecule has 3 rings (SSSR count). The predicted octanol–water partition coefficient (Wildman–Crippen LogP) is 5.44. The highest BCUT2D eigenvalue weighted by Crippen LogP contribution is 2.46. The predicted molar refractivity (Wildman–Crippen MR) is 156 cm³/mol. The van der Waals surface area contributed by atoms with Crippen LogP contribution in [0.25, 0.3) is 0 Å². The van der Waals surface area contributed by atoms with Gasteiger partial charge in [0.2, 0.25) is 0 Å². The minimum atomic E-state index is -0.125. The maximum atomic E-state index is 13.2. The summed E-state index contributed by atoms with van der Waals surface area (Å²) < 4.78 is 0. The number of hydrogen-bond acceptors (Lipinski definition) is 4. The molecule has 2 unspecified atom stereocenters. The second-order valence-electron chi connectivity index (χ2n) is 16.5. The maximum absolute atomic E-state index is 13.2. The Hall–Kier alpha value is -1.54. The van der Waals surface area contributed by atoms with Gasteiger partial charge in [-0.05, 0) is 118 Å². The Labute approximate surface area is 232 Å². The zero-order valence-electron chi connectivity index (χ0n) is 26.3. The third-order valence-corrected chi connectivity index (χ3v) is 8.98. The Bertz CT molecular complexity index is 848. The normalized spacial score (nSPS) is 32.1. The lowest BCUT2D eigenvalue weighted by Crippen LogP contribution is -2.67. The smallest absolute Gasteiger partial charge is 0.329 e. The molecule has 4 amide bonds. The summed E-state index contributed by atoms with van der Waals surface area (Å²) >= 11 is 0. The van der Waals surface area contributed by atoms with E-state index < -0.39 is 0 Å². The highest BCUT2D eigenvalue weighted by atomic mass is 16.2. The number of carbonyl (C=O) groups excluding carboxylic acids is 2. The van der Waals surface area contributed by atoms with Crippen LogP contribution in [0, 0.1) is 10.8 Å². The van der Waals surface area contributed by atoms with E-state index in [1.54, 1.807) is 0 Å². The topological polar surface area (TPSA) is 97.5 Å². The van der Waals surface area contributed by atoms with Crippen molar-refractivity contribution in [3.05, 3.63) is 0 Å². The fourth-order valence-electron chi connectivity index (χ4n) is 8.44. The van der Waals surface area contributed by atoms with Gasteiger partial charge in [0.15, 0.2) is 0 Å². The fraction of sp³-hybridized carbons (Fsp3) is 0.933. The SMILES string of the molecule is CC1(C)CC(NC(=O)NN2C(C)(C)CCCC2(C)C)CC(C)(CNC(=O)NC2CC(C)(C)NC(C)(C)C2)C1. The van der Waals surface area contributed by atoms with E-state index in [0.717, 1.165) is 44.9 Å². The van der Waals surface area contributed by atoms with Crippen molar-refractivity contribution in [2.24, 2.45) is 10.8 Å². The molecule has 3 aliphatic rings. The highest BCUT2D eigenvalue weighted by Gasteiger charge is 2.45. The first-order valence-corrected chi connectivity index (χ1v) is 14.8. The summed E-state index contributed by atoms with van der Waals surface area (Å²) in [6, 6.07) is -0.0289. The Kier molecular flexibility index (Phi) is 8.53. The van der Waals surface area contributed by atoms with E-state index in [-0.39, 0.29) is 57.1 Å². The number of nitrogens with zero attached hydrogens (tertiary/aromatic N) is 1. The summed E-state index contributed by atoms with van der Waals surface area (Å²) in [5.74, 6) is 0. The molecule has 3 fully saturated rings. The van der Waals surface area contributed by atoms with E-state index in [4.69, 9.17) is 0 Å². The Morgan fingerprint density at radius 3 is 1.79 bits per heavy atom. The van der Waals surface area contributed by atoms with Gasteiger partial charge in [-0.15, -0.1) is 0 Å². The number of rotatable bonds is 5. The number of nitrogens with one attached hydrogen (secondary N) is 5. The van der Waals surface area contributed by atoms with E-state index >= 15 is 0 Å². The Morgan fingerprint density at radius 2 is 1.24 bits per heavy atom. The summed E-state index contributed by atoms with van der Waals surface area (Å²) in [7, 11) is 0. The number of carbonyl (C=O) groups is 2. The van der Waals surface area contributed by atoms with Crippen LogP contribution in [0.15, 0.2) is 0 Å². The zero-order valence-corrected chi connectivity index (χ0v) is 26.3. The van der Waals surface area contributed by atoms with Gasteiger partial charge >= 0.3 is 12.1 Å². The van der Waals surface area contributed by atoms with Crippen molar-refractivity contribution in [1.29, 1.82) is 0 Å². The highest BCUT2D eigenvalue weighted by molar-refractivity contribution is 5.74. The first-order valence-electron chi connectivity index (χ1n) is 14.8. The van der Waals surface area contributed by atoms with E-state index in [9.17, 15) is 9.59 Å². The molecule has 0 aromatic carbocycles. The number of hydrazine groups is 1. The second kappa shape index (κ2) is 10.5. The van der Waals surface area contributed by atoms with Gasteiger partial charge in [0.1, 0.15) is 0 Å². The molecule has 38 heavy (non-hydrogen) atoms. The first-order chi connectivity index (χ1) is 17.1. The van der Waals surface area contributed by atoms with Crippen LogP contribution < -0.4 is 26.7 Å². The number of urea groups is 2. The third-order valence-electron chi connectivity index (χ3n) is 8.98. The number of amides is 4. The molecule has 1 aliphatic carbocycles. The molecule has 8 nitrogen and oxygen atoms in total. The number of hydrogen-bond donors (Lipinski definition) is 5. The average molecular weight is 535 g/mol. The van der Waals surface area contributed by atoms with Gasteiger partial charge in [0, 0.05) is 40.8 Å². The standard InChI is InChI=1S/C30H58N6O2/c1-25(2)15-21(33-24(38)34-36-28(7,8)13-12-14-29(36,9)10)18-30(11,19-25)20-31-23(37)32-22-16-26(3,4)35-27(5,6)17-22/h21-22,35H,12-20H2,1-11H3,(H2,31,32,37)(H2,33,34,38). The lowest BCUT2D eigenvalue weighted by atomic mass is 9.62. The van der Waals surface area contributed by atoms with Crippen molar-refractivity contribution < 1.29 is 9.59 Å². The van der Waals surface area contributed by atoms with Gasteiger partial charge in [-0.2, -0.15) is 0 Å². The number of piperidine rings is 2. The van der Waals surface area contributed by atoms with Crippen molar-refractivity contribution in [2.45, 2.75) is 162 Å². The van der Waals surface area contributed by atoms with Crippen LogP contribution in [-0.4, -0.2) is 57.9 Å². The first kappa shape index (κ1) is 31.0. The van der Waals surface area contributed by atoms with Crippen LogP contribution in [-0.2, 0) is 0 Å². The van der Waals surface area contributed by atoms with Crippen molar-refractivity contribution in [1.82, 2.24) is 31.7 Å².